The van der Waals surface area contributed by atoms with Crippen molar-refractivity contribution < 1.29 is 14.0 Å². The Morgan fingerprint density at radius 2 is 1.38 bits per heavy atom. The number of nitrogens with zero attached hydrogens (tertiary/aromatic N) is 1. The number of hydrogen-bond acceptors (Lipinski definition) is 2. The van der Waals surface area contributed by atoms with E-state index in [1.54, 1.807) is 0 Å². The van der Waals surface area contributed by atoms with Gasteiger partial charge < -0.3 is 9.22 Å². The third-order valence-corrected chi connectivity index (χ3v) is 5.98. The van der Waals surface area contributed by atoms with Gasteiger partial charge in [0.1, 0.15) is 12.0 Å². The molecule has 138 valence electrons. The van der Waals surface area contributed by atoms with Gasteiger partial charge >= 0.3 is 5.97 Å². The standard InChI is InChI=1S/C23H30NO2/c1-3-24(4-2)17-15-21(16-18-24)26-23(25)22(19-11-7-5-8-12-19)20-13-9-6-10-14-20/h5-14,21-22H,3-4,15-18H2,1-2H3/q+1. The average molecular weight is 352 g/mol. The maximum atomic E-state index is 13.1. The second-order valence-electron chi connectivity index (χ2n) is 7.31. The zero-order valence-corrected chi connectivity index (χ0v) is 15.9. The maximum Gasteiger partial charge on any atom is 0.318 e. The fourth-order valence-electron chi connectivity index (χ4n) is 4.05. The van der Waals surface area contributed by atoms with Gasteiger partial charge in [-0.2, -0.15) is 0 Å². The largest absolute Gasteiger partial charge is 0.461 e. The summed E-state index contributed by atoms with van der Waals surface area (Å²) in [4.78, 5) is 13.1. The Morgan fingerprint density at radius 3 is 1.81 bits per heavy atom. The van der Waals surface area contributed by atoms with Gasteiger partial charge in [-0.05, 0) is 25.0 Å². The summed E-state index contributed by atoms with van der Waals surface area (Å²) in [5.41, 5.74) is 1.98. The van der Waals surface area contributed by atoms with E-state index in [0.29, 0.717) is 0 Å². The first-order valence-electron chi connectivity index (χ1n) is 9.83. The van der Waals surface area contributed by atoms with E-state index in [2.05, 4.69) is 13.8 Å². The number of hydrogen-bond donors (Lipinski definition) is 0. The highest BCUT2D eigenvalue weighted by molar-refractivity contribution is 5.82. The van der Waals surface area contributed by atoms with Crippen molar-refractivity contribution in [3.05, 3.63) is 71.8 Å². The summed E-state index contributed by atoms with van der Waals surface area (Å²) in [6.07, 6.45) is 1.97. The van der Waals surface area contributed by atoms with Gasteiger partial charge in [-0.15, -0.1) is 0 Å². The van der Waals surface area contributed by atoms with Crippen LogP contribution in [-0.2, 0) is 9.53 Å². The van der Waals surface area contributed by atoms with Gasteiger partial charge in [0.2, 0.25) is 0 Å². The number of ether oxygens (including phenoxy) is 1. The number of carbonyl (C=O) groups is 1. The van der Waals surface area contributed by atoms with E-state index in [-0.39, 0.29) is 18.0 Å². The Balaban J connectivity index is 1.73. The van der Waals surface area contributed by atoms with Gasteiger partial charge in [0.05, 0.1) is 26.2 Å². The van der Waals surface area contributed by atoms with E-state index < -0.39 is 0 Å². The van der Waals surface area contributed by atoms with Crippen LogP contribution >= 0.6 is 0 Å². The van der Waals surface area contributed by atoms with Crippen LogP contribution in [0, 0.1) is 0 Å². The highest BCUT2D eigenvalue weighted by atomic mass is 16.5. The summed E-state index contributed by atoms with van der Waals surface area (Å²) in [7, 11) is 0. The zero-order chi connectivity index (χ0) is 18.4. The Hall–Kier alpha value is -2.13. The molecule has 1 heterocycles. The number of carbonyl (C=O) groups excluding carboxylic acids is 1. The van der Waals surface area contributed by atoms with Gasteiger partial charge in [0.25, 0.3) is 0 Å². The highest BCUT2D eigenvalue weighted by Crippen LogP contribution is 2.28. The number of esters is 1. The maximum absolute atomic E-state index is 13.1. The van der Waals surface area contributed by atoms with Crippen molar-refractivity contribution in [3.63, 3.8) is 0 Å². The summed E-state index contributed by atoms with van der Waals surface area (Å²) >= 11 is 0. The van der Waals surface area contributed by atoms with E-state index in [4.69, 9.17) is 4.74 Å². The van der Waals surface area contributed by atoms with Gasteiger partial charge in [0, 0.05) is 12.8 Å². The van der Waals surface area contributed by atoms with Crippen molar-refractivity contribution in [1.29, 1.82) is 0 Å². The molecule has 2 aromatic rings. The lowest BCUT2D eigenvalue weighted by Gasteiger charge is -2.42. The van der Waals surface area contributed by atoms with Crippen molar-refractivity contribution in [2.24, 2.45) is 0 Å². The predicted octanol–water partition coefficient (Wildman–Crippen LogP) is 4.38. The first kappa shape index (κ1) is 18.7. The molecule has 1 aliphatic rings. The van der Waals surface area contributed by atoms with Crippen LogP contribution in [-0.4, -0.2) is 42.7 Å². The average Bonchev–Trinajstić information content (AvgIpc) is 2.71. The molecular formula is C23H30NO2+. The molecule has 0 aromatic heterocycles. The van der Waals surface area contributed by atoms with Crippen molar-refractivity contribution >= 4 is 5.97 Å². The van der Waals surface area contributed by atoms with Gasteiger partial charge in [-0.25, -0.2) is 0 Å². The number of piperidine rings is 1. The molecule has 0 N–H and O–H groups in total. The minimum atomic E-state index is -0.351. The van der Waals surface area contributed by atoms with Crippen LogP contribution in [0.2, 0.25) is 0 Å². The Morgan fingerprint density at radius 1 is 0.923 bits per heavy atom. The highest BCUT2D eigenvalue weighted by Gasteiger charge is 2.34. The molecule has 3 heteroatoms. The van der Waals surface area contributed by atoms with Crippen molar-refractivity contribution in [3.8, 4) is 0 Å². The second kappa shape index (κ2) is 8.50. The molecular weight excluding hydrogens is 322 g/mol. The van der Waals surface area contributed by atoms with E-state index in [9.17, 15) is 4.79 Å². The monoisotopic (exact) mass is 352 g/mol. The van der Waals surface area contributed by atoms with E-state index in [1.165, 1.54) is 0 Å². The summed E-state index contributed by atoms with van der Waals surface area (Å²) in [6.45, 7) is 9.05. The van der Waals surface area contributed by atoms with E-state index in [1.807, 2.05) is 60.7 Å². The van der Waals surface area contributed by atoms with E-state index in [0.717, 1.165) is 54.6 Å². The molecule has 0 atom stereocenters. The molecule has 0 radical (unpaired) electrons. The van der Waals surface area contributed by atoms with Crippen LogP contribution in [0.3, 0.4) is 0 Å². The molecule has 0 amide bonds. The third-order valence-electron chi connectivity index (χ3n) is 5.98. The SMILES string of the molecule is CC[N+]1(CC)CCC(OC(=O)C(c2ccccc2)c2ccccc2)CC1. The van der Waals surface area contributed by atoms with Gasteiger partial charge in [-0.3, -0.25) is 4.79 Å². The lowest BCUT2D eigenvalue weighted by Crippen LogP contribution is -2.54. The van der Waals surface area contributed by atoms with Crippen molar-refractivity contribution in [1.82, 2.24) is 0 Å². The molecule has 1 fully saturated rings. The number of rotatable bonds is 6. The van der Waals surface area contributed by atoms with Gasteiger partial charge in [-0.1, -0.05) is 60.7 Å². The molecule has 3 nitrogen and oxygen atoms in total. The lowest BCUT2D eigenvalue weighted by atomic mass is 9.91. The predicted molar refractivity (Wildman–Crippen MR) is 105 cm³/mol. The van der Waals surface area contributed by atoms with Crippen molar-refractivity contribution in [2.75, 3.05) is 26.2 Å². The second-order valence-corrected chi connectivity index (χ2v) is 7.31. The van der Waals surface area contributed by atoms with Crippen LogP contribution in [0.4, 0.5) is 0 Å². The minimum Gasteiger partial charge on any atom is -0.461 e. The summed E-state index contributed by atoms with van der Waals surface area (Å²) < 4.78 is 7.14. The molecule has 1 saturated heterocycles. The Kier molecular flexibility index (Phi) is 6.10. The molecule has 26 heavy (non-hydrogen) atoms. The lowest BCUT2D eigenvalue weighted by molar-refractivity contribution is -0.930. The minimum absolute atomic E-state index is 0.0433. The number of quaternary nitrogens is 1. The fourth-order valence-corrected chi connectivity index (χ4v) is 4.05. The van der Waals surface area contributed by atoms with Gasteiger partial charge in [0.15, 0.2) is 0 Å². The van der Waals surface area contributed by atoms with Crippen LogP contribution in [0.1, 0.15) is 43.7 Å². The summed E-state index contributed by atoms with van der Waals surface area (Å²) in [5.74, 6) is -0.476. The quantitative estimate of drug-likeness (QED) is 0.570. The Bertz CT molecular complexity index is 645. The van der Waals surface area contributed by atoms with Crippen LogP contribution in [0.25, 0.3) is 0 Å². The molecule has 1 aliphatic heterocycles. The molecule has 0 bridgehead atoms. The summed E-state index contributed by atoms with van der Waals surface area (Å²) in [6, 6.07) is 19.9. The Labute approximate surface area is 157 Å². The molecule has 0 aliphatic carbocycles. The first-order chi connectivity index (χ1) is 12.7. The molecule has 2 aromatic carbocycles. The fraction of sp³-hybridized carbons (Fsp3) is 0.435. The number of benzene rings is 2. The zero-order valence-electron chi connectivity index (χ0n) is 15.9. The molecule has 0 spiro atoms. The molecule has 0 unspecified atom stereocenters. The van der Waals surface area contributed by atoms with Crippen LogP contribution < -0.4 is 0 Å². The van der Waals surface area contributed by atoms with Crippen LogP contribution in [0.15, 0.2) is 60.7 Å². The molecule has 3 rings (SSSR count). The van der Waals surface area contributed by atoms with E-state index >= 15 is 0 Å². The summed E-state index contributed by atoms with van der Waals surface area (Å²) in [5, 5.41) is 0. The normalized spacial score (nSPS) is 17.2. The number of likely N-dealkylation sites (tertiary alicyclic amines) is 1. The first-order valence-corrected chi connectivity index (χ1v) is 9.83. The topological polar surface area (TPSA) is 26.3 Å². The third kappa shape index (κ3) is 4.16. The van der Waals surface area contributed by atoms with Crippen molar-refractivity contribution in [2.45, 2.75) is 38.7 Å². The smallest absolute Gasteiger partial charge is 0.318 e. The molecule has 0 saturated carbocycles. The van der Waals surface area contributed by atoms with Crippen LogP contribution in [0.5, 0.6) is 0 Å².